The summed E-state index contributed by atoms with van der Waals surface area (Å²) in [6.45, 7) is 3.24. The van der Waals surface area contributed by atoms with E-state index in [1.165, 1.54) is 18.4 Å². The van der Waals surface area contributed by atoms with Crippen molar-refractivity contribution in [2.75, 3.05) is 13.1 Å². The molecule has 0 amide bonds. The molecule has 1 saturated heterocycles. The molecule has 0 radical (unpaired) electrons. The van der Waals surface area contributed by atoms with Crippen molar-refractivity contribution in [1.82, 2.24) is 4.90 Å². The lowest BCUT2D eigenvalue weighted by Gasteiger charge is -2.15. The summed E-state index contributed by atoms with van der Waals surface area (Å²) in [6.07, 6.45) is 2.56. The van der Waals surface area contributed by atoms with Crippen LogP contribution in [0.25, 0.3) is 0 Å². The van der Waals surface area contributed by atoms with E-state index in [1.807, 2.05) is 42.5 Å². The molecular weight excluding hydrogens is 290 g/mol. The quantitative estimate of drug-likeness (QED) is 0.618. The van der Waals surface area contributed by atoms with Crippen LogP contribution in [0, 0.1) is 0 Å². The normalized spacial score (nSPS) is 14.9. The predicted octanol–water partition coefficient (Wildman–Crippen LogP) is 3.86. The minimum absolute atomic E-state index is 0.0416. The number of thiocarbonyl (C=S) groups is 1. The van der Waals surface area contributed by atoms with E-state index in [4.69, 9.17) is 12.2 Å². The van der Waals surface area contributed by atoms with Crippen LogP contribution in [0.3, 0.4) is 0 Å². The Labute approximate surface area is 136 Å². The van der Waals surface area contributed by atoms with Crippen molar-refractivity contribution in [2.24, 2.45) is 0 Å². The Balaban J connectivity index is 1.84. The first kappa shape index (κ1) is 15.1. The monoisotopic (exact) mass is 309 g/mol. The van der Waals surface area contributed by atoms with Crippen LogP contribution in [0.2, 0.25) is 0 Å². The van der Waals surface area contributed by atoms with Gasteiger partial charge in [0, 0.05) is 23.0 Å². The third kappa shape index (κ3) is 3.32. The van der Waals surface area contributed by atoms with Crippen molar-refractivity contribution in [3.05, 3.63) is 70.8 Å². The average molecular weight is 309 g/mol. The third-order valence-electron chi connectivity index (χ3n) is 4.13. The van der Waals surface area contributed by atoms with Crippen molar-refractivity contribution in [2.45, 2.75) is 19.4 Å². The molecular formula is C19H19NOS. The van der Waals surface area contributed by atoms with Crippen LogP contribution < -0.4 is 0 Å². The molecule has 1 heterocycles. The molecule has 0 aliphatic carbocycles. The smallest absolute Gasteiger partial charge is 0.193 e. The van der Waals surface area contributed by atoms with E-state index in [-0.39, 0.29) is 5.78 Å². The van der Waals surface area contributed by atoms with E-state index in [0.717, 1.165) is 30.8 Å². The van der Waals surface area contributed by atoms with Crippen LogP contribution in [0.15, 0.2) is 48.5 Å². The number of nitrogens with zero attached hydrogens (tertiary/aromatic N) is 1. The first-order valence-electron chi connectivity index (χ1n) is 7.68. The fraction of sp³-hybridized carbons (Fsp3) is 0.263. The summed E-state index contributed by atoms with van der Waals surface area (Å²) in [5, 5.41) is 1.57. The van der Waals surface area contributed by atoms with Crippen molar-refractivity contribution in [3.8, 4) is 0 Å². The Kier molecular flexibility index (Phi) is 4.76. The van der Waals surface area contributed by atoms with Gasteiger partial charge in [-0.1, -0.05) is 54.7 Å². The topological polar surface area (TPSA) is 20.3 Å². The minimum atomic E-state index is 0.0416. The van der Waals surface area contributed by atoms with Gasteiger partial charge in [-0.15, -0.1) is 0 Å². The zero-order valence-corrected chi connectivity index (χ0v) is 13.3. The lowest BCUT2D eigenvalue weighted by Crippen LogP contribution is -2.18. The molecule has 3 rings (SSSR count). The van der Waals surface area contributed by atoms with E-state index < -0.39 is 0 Å². The van der Waals surface area contributed by atoms with Gasteiger partial charge >= 0.3 is 0 Å². The first-order valence-corrected chi connectivity index (χ1v) is 8.15. The first-order chi connectivity index (χ1) is 10.8. The molecule has 1 aliphatic rings. The van der Waals surface area contributed by atoms with E-state index in [9.17, 15) is 4.79 Å². The Bertz CT molecular complexity index is 689. The highest BCUT2D eigenvalue weighted by molar-refractivity contribution is 7.79. The second-order valence-electron chi connectivity index (χ2n) is 5.72. The maximum Gasteiger partial charge on any atom is 0.193 e. The summed E-state index contributed by atoms with van der Waals surface area (Å²) in [5.41, 5.74) is 3.43. The number of benzene rings is 2. The number of hydrogen-bond acceptors (Lipinski definition) is 3. The zero-order chi connectivity index (χ0) is 15.4. The van der Waals surface area contributed by atoms with E-state index in [2.05, 4.69) is 11.0 Å². The molecule has 2 nitrogen and oxygen atoms in total. The maximum atomic E-state index is 12.7. The van der Waals surface area contributed by atoms with Crippen LogP contribution in [-0.2, 0) is 6.54 Å². The molecule has 2 aromatic rings. The van der Waals surface area contributed by atoms with Gasteiger partial charge in [0.25, 0.3) is 0 Å². The van der Waals surface area contributed by atoms with Gasteiger partial charge in [-0.3, -0.25) is 9.69 Å². The van der Waals surface area contributed by atoms with E-state index >= 15 is 0 Å². The highest BCUT2D eigenvalue weighted by atomic mass is 32.1. The fourth-order valence-corrected chi connectivity index (χ4v) is 3.18. The van der Waals surface area contributed by atoms with Crippen LogP contribution >= 0.6 is 12.2 Å². The lowest BCUT2D eigenvalue weighted by atomic mass is 9.98. The van der Waals surface area contributed by atoms with Crippen molar-refractivity contribution in [3.63, 3.8) is 0 Å². The van der Waals surface area contributed by atoms with Gasteiger partial charge in [0.1, 0.15) is 0 Å². The summed E-state index contributed by atoms with van der Waals surface area (Å²) in [6, 6.07) is 15.5. The summed E-state index contributed by atoms with van der Waals surface area (Å²) in [7, 11) is 0. The average Bonchev–Trinajstić information content (AvgIpc) is 3.07. The molecule has 0 saturated carbocycles. The molecule has 0 atom stereocenters. The third-order valence-corrected chi connectivity index (χ3v) is 4.38. The zero-order valence-electron chi connectivity index (χ0n) is 12.5. The molecule has 0 aromatic heterocycles. The molecule has 0 N–H and O–H groups in total. The van der Waals surface area contributed by atoms with Crippen LogP contribution in [0.4, 0.5) is 0 Å². The van der Waals surface area contributed by atoms with Crippen molar-refractivity contribution >= 4 is 23.4 Å². The fourth-order valence-electron chi connectivity index (χ4n) is 2.97. The number of hydrogen-bond donors (Lipinski definition) is 0. The van der Waals surface area contributed by atoms with Crippen LogP contribution in [0.5, 0.6) is 0 Å². The summed E-state index contributed by atoms with van der Waals surface area (Å²) in [4.78, 5) is 15.2. The minimum Gasteiger partial charge on any atom is -0.299 e. The van der Waals surface area contributed by atoms with Crippen LogP contribution in [0.1, 0.15) is 39.9 Å². The number of carbonyl (C=O) groups is 1. The SMILES string of the molecule is O=C(c1cccc(CN2CCCC2)c1)c1ccccc1C=S. The molecule has 0 spiro atoms. The second-order valence-corrected chi connectivity index (χ2v) is 5.95. The standard InChI is InChI=1S/C19H19NOS/c21-19(18-9-2-1-7-17(18)14-22)16-8-5-6-15(12-16)13-20-10-3-4-11-20/h1-2,5-9,12,14H,3-4,10-11,13H2. The number of rotatable bonds is 5. The van der Waals surface area contributed by atoms with E-state index in [0.29, 0.717) is 5.56 Å². The summed E-state index contributed by atoms with van der Waals surface area (Å²) in [5.74, 6) is 0.0416. The highest BCUT2D eigenvalue weighted by Crippen LogP contribution is 2.17. The van der Waals surface area contributed by atoms with Gasteiger partial charge in [0.05, 0.1) is 0 Å². The molecule has 3 heteroatoms. The van der Waals surface area contributed by atoms with Gasteiger partial charge in [-0.2, -0.15) is 0 Å². The Morgan fingerprint density at radius 3 is 2.64 bits per heavy atom. The predicted molar refractivity (Wildman–Crippen MR) is 93.6 cm³/mol. The summed E-state index contributed by atoms with van der Waals surface area (Å²) < 4.78 is 0. The van der Waals surface area contributed by atoms with Gasteiger partial charge in [0.2, 0.25) is 0 Å². The number of carbonyl (C=O) groups excluding carboxylic acids is 1. The van der Waals surface area contributed by atoms with Crippen molar-refractivity contribution in [1.29, 1.82) is 0 Å². The van der Waals surface area contributed by atoms with Gasteiger partial charge < -0.3 is 0 Å². The Morgan fingerprint density at radius 1 is 1.09 bits per heavy atom. The van der Waals surface area contributed by atoms with Gasteiger partial charge in [0.15, 0.2) is 5.78 Å². The van der Waals surface area contributed by atoms with Crippen molar-refractivity contribution < 1.29 is 4.79 Å². The molecule has 0 unspecified atom stereocenters. The second kappa shape index (κ2) is 6.95. The largest absolute Gasteiger partial charge is 0.299 e. The molecule has 0 bridgehead atoms. The molecule has 22 heavy (non-hydrogen) atoms. The van der Waals surface area contributed by atoms with Gasteiger partial charge in [-0.25, -0.2) is 0 Å². The van der Waals surface area contributed by atoms with Gasteiger partial charge in [-0.05, 0) is 43.1 Å². The number of likely N-dealkylation sites (tertiary alicyclic amines) is 1. The van der Waals surface area contributed by atoms with Crippen LogP contribution in [-0.4, -0.2) is 29.1 Å². The molecule has 1 aliphatic heterocycles. The molecule has 2 aromatic carbocycles. The highest BCUT2D eigenvalue weighted by Gasteiger charge is 2.15. The summed E-state index contributed by atoms with van der Waals surface area (Å²) >= 11 is 5.01. The Morgan fingerprint density at radius 2 is 1.86 bits per heavy atom. The molecule has 112 valence electrons. The van der Waals surface area contributed by atoms with E-state index in [1.54, 1.807) is 5.37 Å². The molecule has 1 fully saturated rings. The Hall–Kier alpha value is -1.84. The lowest BCUT2D eigenvalue weighted by molar-refractivity contribution is 0.103. The number of ketones is 1. The maximum absolute atomic E-state index is 12.7.